The van der Waals surface area contributed by atoms with Crippen LogP contribution in [0.15, 0.2) is 29.3 Å². The van der Waals surface area contributed by atoms with Crippen LogP contribution in [0.5, 0.6) is 0 Å². The van der Waals surface area contributed by atoms with Crippen LogP contribution in [0, 0.1) is 0 Å². The number of ether oxygens (including phenoxy) is 1. The molecule has 1 aromatic carbocycles. The molecule has 1 aliphatic carbocycles. The second-order valence-corrected chi connectivity index (χ2v) is 7.82. The topological polar surface area (TPSA) is 74.8 Å². The Morgan fingerprint density at radius 2 is 1.90 bits per heavy atom. The highest BCUT2D eigenvalue weighted by atomic mass is 16.5. The zero-order valence-corrected chi connectivity index (χ0v) is 18.3. The first-order valence-electron chi connectivity index (χ1n) is 11.1. The fraction of sp³-hybridized carbons (Fsp3) is 0.652. The van der Waals surface area contributed by atoms with Crippen LogP contribution < -0.4 is 16.0 Å². The molecule has 29 heavy (non-hydrogen) atoms. The Hall–Kier alpha value is -2.08. The summed E-state index contributed by atoms with van der Waals surface area (Å²) in [6, 6.07) is 7.88. The van der Waals surface area contributed by atoms with Crippen LogP contribution in [-0.2, 0) is 11.3 Å². The lowest BCUT2D eigenvalue weighted by Crippen LogP contribution is -2.37. The van der Waals surface area contributed by atoms with Crippen molar-refractivity contribution >= 4 is 11.9 Å². The molecule has 0 heterocycles. The van der Waals surface area contributed by atoms with E-state index in [2.05, 4.69) is 27.9 Å². The van der Waals surface area contributed by atoms with Crippen LogP contribution in [0.3, 0.4) is 0 Å². The number of carbonyl (C=O) groups excluding carboxylic acids is 1. The molecule has 1 amide bonds. The fourth-order valence-corrected chi connectivity index (χ4v) is 3.35. The molecule has 1 atom stereocenters. The Morgan fingerprint density at radius 3 is 2.55 bits per heavy atom. The number of amides is 1. The van der Waals surface area contributed by atoms with E-state index >= 15 is 0 Å². The third-order valence-corrected chi connectivity index (χ3v) is 5.41. The highest BCUT2D eigenvalue weighted by Gasteiger charge is 2.13. The lowest BCUT2D eigenvalue weighted by Gasteiger charge is -2.22. The summed E-state index contributed by atoms with van der Waals surface area (Å²) < 4.78 is 5.96. The van der Waals surface area contributed by atoms with E-state index in [0.717, 1.165) is 37.5 Å². The smallest absolute Gasteiger partial charge is 0.251 e. The summed E-state index contributed by atoms with van der Waals surface area (Å²) in [5.74, 6) is 0.757. The zero-order chi connectivity index (χ0) is 20.9. The molecule has 0 aromatic heterocycles. The zero-order valence-electron chi connectivity index (χ0n) is 18.3. The molecular formula is C23H38N4O2. The molecule has 1 unspecified atom stereocenters. The quantitative estimate of drug-likeness (QED) is 0.317. The van der Waals surface area contributed by atoms with Crippen molar-refractivity contribution in [2.45, 2.75) is 77.5 Å². The SMILES string of the molecule is CCC(C)NC(=O)c1ccc(CNC(=NC)NCCCOC2CCCCC2)cc1. The molecule has 0 bridgehead atoms. The molecule has 1 fully saturated rings. The Kier molecular flexibility index (Phi) is 10.6. The minimum absolute atomic E-state index is 0.0215. The van der Waals surface area contributed by atoms with Crippen molar-refractivity contribution in [3.63, 3.8) is 0 Å². The molecule has 0 radical (unpaired) electrons. The third kappa shape index (κ3) is 8.86. The van der Waals surface area contributed by atoms with Gasteiger partial charge >= 0.3 is 0 Å². The Bertz CT molecular complexity index is 624. The molecule has 0 aliphatic heterocycles. The number of hydrogen-bond acceptors (Lipinski definition) is 3. The van der Waals surface area contributed by atoms with Gasteiger partial charge in [0.2, 0.25) is 0 Å². The van der Waals surface area contributed by atoms with Gasteiger partial charge in [-0.2, -0.15) is 0 Å². The highest BCUT2D eigenvalue weighted by Crippen LogP contribution is 2.20. The van der Waals surface area contributed by atoms with E-state index in [1.165, 1.54) is 32.1 Å². The molecule has 6 heteroatoms. The third-order valence-electron chi connectivity index (χ3n) is 5.41. The molecule has 0 saturated heterocycles. The van der Waals surface area contributed by atoms with Crippen molar-refractivity contribution in [1.82, 2.24) is 16.0 Å². The first-order chi connectivity index (χ1) is 14.1. The first-order valence-corrected chi connectivity index (χ1v) is 11.1. The van der Waals surface area contributed by atoms with Crippen LogP contribution in [-0.4, -0.2) is 44.2 Å². The van der Waals surface area contributed by atoms with Gasteiger partial charge in [-0.3, -0.25) is 9.79 Å². The van der Waals surface area contributed by atoms with E-state index in [-0.39, 0.29) is 11.9 Å². The van der Waals surface area contributed by atoms with Crippen molar-refractivity contribution in [1.29, 1.82) is 0 Å². The van der Waals surface area contributed by atoms with Crippen molar-refractivity contribution in [2.24, 2.45) is 4.99 Å². The fourth-order valence-electron chi connectivity index (χ4n) is 3.35. The van der Waals surface area contributed by atoms with Gasteiger partial charge in [0.05, 0.1) is 6.10 Å². The van der Waals surface area contributed by atoms with Gasteiger partial charge in [-0.05, 0) is 50.3 Å². The molecule has 1 aliphatic rings. The second kappa shape index (κ2) is 13.2. The maximum absolute atomic E-state index is 12.1. The van der Waals surface area contributed by atoms with Gasteiger partial charge in [0, 0.05) is 38.3 Å². The lowest BCUT2D eigenvalue weighted by atomic mass is 9.98. The average molecular weight is 403 g/mol. The summed E-state index contributed by atoms with van der Waals surface area (Å²) in [6.45, 7) is 6.36. The van der Waals surface area contributed by atoms with Gasteiger partial charge in [0.15, 0.2) is 5.96 Å². The number of hydrogen-bond donors (Lipinski definition) is 3. The van der Waals surface area contributed by atoms with Crippen molar-refractivity contribution in [3.8, 4) is 0 Å². The lowest BCUT2D eigenvalue weighted by molar-refractivity contribution is 0.0277. The van der Waals surface area contributed by atoms with E-state index in [1.807, 2.05) is 31.2 Å². The number of carbonyl (C=O) groups is 1. The minimum atomic E-state index is -0.0215. The number of aliphatic imine (C=N–C) groups is 1. The van der Waals surface area contributed by atoms with Gasteiger partial charge < -0.3 is 20.7 Å². The largest absolute Gasteiger partial charge is 0.378 e. The maximum atomic E-state index is 12.1. The molecule has 2 rings (SSSR count). The van der Waals surface area contributed by atoms with E-state index in [9.17, 15) is 4.79 Å². The molecule has 1 saturated carbocycles. The summed E-state index contributed by atoms with van der Waals surface area (Å²) in [7, 11) is 1.77. The highest BCUT2D eigenvalue weighted by molar-refractivity contribution is 5.94. The average Bonchev–Trinajstić information content (AvgIpc) is 2.76. The normalized spacial score (nSPS) is 16.3. The summed E-state index contributed by atoms with van der Waals surface area (Å²) >= 11 is 0. The van der Waals surface area contributed by atoms with Crippen LogP contribution >= 0.6 is 0 Å². The minimum Gasteiger partial charge on any atom is -0.378 e. The molecular weight excluding hydrogens is 364 g/mol. The standard InChI is InChI=1S/C23H38N4O2/c1-4-18(2)27-22(28)20-13-11-19(12-14-20)17-26-23(24-3)25-15-8-16-29-21-9-6-5-7-10-21/h11-14,18,21H,4-10,15-17H2,1-3H3,(H,27,28)(H2,24,25,26). The monoisotopic (exact) mass is 402 g/mol. The summed E-state index contributed by atoms with van der Waals surface area (Å²) in [6.07, 6.45) is 8.77. The van der Waals surface area contributed by atoms with E-state index in [4.69, 9.17) is 4.74 Å². The van der Waals surface area contributed by atoms with Crippen LogP contribution in [0.1, 0.15) is 74.7 Å². The molecule has 0 spiro atoms. The van der Waals surface area contributed by atoms with Crippen LogP contribution in [0.2, 0.25) is 0 Å². The summed E-state index contributed by atoms with van der Waals surface area (Å²) in [4.78, 5) is 16.4. The van der Waals surface area contributed by atoms with Gasteiger partial charge in [-0.25, -0.2) is 0 Å². The van der Waals surface area contributed by atoms with E-state index in [0.29, 0.717) is 18.2 Å². The predicted molar refractivity (Wildman–Crippen MR) is 119 cm³/mol. The molecule has 162 valence electrons. The number of nitrogens with one attached hydrogen (secondary N) is 3. The van der Waals surface area contributed by atoms with Gasteiger partial charge in [0.1, 0.15) is 0 Å². The van der Waals surface area contributed by atoms with Crippen molar-refractivity contribution < 1.29 is 9.53 Å². The number of nitrogens with zero attached hydrogens (tertiary/aromatic N) is 1. The second-order valence-electron chi connectivity index (χ2n) is 7.82. The Balaban J connectivity index is 1.64. The van der Waals surface area contributed by atoms with Crippen molar-refractivity contribution in [2.75, 3.05) is 20.2 Å². The Labute approximate surface area is 175 Å². The van der Waals surface area contributed by atoms with Gasteiger partial charge in [-0.1, -0.05) is 38.3 Å². The summed E-state index contributed by atoms with van der Waals surface area (Å²) in [5.41, 5.74) is 1.79. The van der Waals surface area contributed by atoms with E-state index < -0.39 is 0 Å². The number of benzene rings is 1. The molecule has 1 aromatic rings. The van der Waals surface area contributed by atoms with Gasteiger partial charge in [-0.15, -0.1) is 0 Å². The summed E-state index contributed by atoms with van der Waals surface area (Å²) in [5, 5.41) is 9.63. The number of rotatable bonds is 10. The molecule has 6 nitrogen and oxygen atoms in total. The van der Waals surface area contributed by atoms with Crippen molar-refractivity contribution in [3.05, 3.63) is 35.4 Å². The molecule has 3 N–H and O–H groups in total. The van der Waals surface area contributed by atoms with Crippen LogP contribution in [0.25, 0.3) is 0 Å². The maximum Gasteiger partial charge on any atom is 0.251 e. The predicted octanol–water partition coefficient (Wildman–Crippen LogP) is 3.62. The number of guanidine groups is 1. The van der Waals surface area contributed by atoms with Crippen LogP contribution in [0.4, 0.5) is 0 Å². The Morgan fingerprint density at radius 1 is 1.17 bits per heavy atom. The van der Waals surface area contributed by atoms with E-state index in [1.54, 1.807) is 7.05 Å². The first kappa shape index (κ1) is 23.2. The van der Waals surface area contributed by atoms with Gasteiger partial charge in [0.25, 0.3) is 5.91 Å².